The van der Waals surface area contributed by atoms with Gasteiger partial charge < -0.3 is 19.9 Å². The van der Waals surface area contributed by atoms with Crippen LogP contribution in [0, 0.1) is 0 Å². The summed E-state index contributed by atoms with van der Waals surface area (Å²) in [6.07, 6.45) is 1.40. The van der Waals surface area contributed by atoms with E-state index in [4.69, 9.17) is 19.9 Å². The van der Waals surface area contributed by atoms with Gasteiger partial charge in [0.15, 0.2) is 5.78 Å². The van der Waals surface area contributed by atoms with Gasteiger partial charge in [0.1, 0.15) is 22.8 Å². The van der Waals surface area contributed by atoms with E-state index >= 15 is 0 Å². The second-order valence-electron chi connectivity index (χ2n) is 4.39. The average molecular weight is 251 g/mol. The lowest BCUT2D eigenvalue weighted by Crippen LogP contribution is -2.33. The molecule has 2 rings (SSSR count). The molecule has 98 valence electrons. The van der Waals surface area contributed by atoms with Crippen molar-refractivity contribution < 1.29 is 19.0 Å². The van der Waals surface area contributed by atoms with E-state index in [0.717, 1.165) is 0 Å². The van der Waals surface area contributed by atoms with E-state index in [1.54, 1.807) is 19.2 Å². The summed E-state index contributed by atoms with van der Waals surface area (Å²) in [4.78, 5) is 12.4. The van der Waals surface area contributed by atoms with Crippen LogP contribution in [0.25, 0.3) is 0 Å². The average Bonchev–Trinajstić information content (AvgIpc) is 3.15. The van der Waals surface area contributed by atoms with E-state index in [9.17, 15) is 4.79 Å². The third-order valence-electron chi connectivity index (χ3n) is 3.18. The number of Topliss-reactive ketones (excluding diaryl/α,β-unsaturated/α-hetero) is 1. The van der Waals surface area contributed by atoms with Crippen molar-refractivity contribution in [2.45, 2.75) is 18.4 Å². The number of carbonyl (C=O) groups excluding carboxylic acids is 1. The Bertz CT molecular complexity index is 455. The quantitative estimate of drug-likeness (QED) is 0.801. The van der Waals surface area contributed by atoms with Crippen molar-refractivity contribution in [1.82, 2.24) is 0 Å². The molecular formula is C13H17NO4. The third-order valence-corrected chi connectivity index (χ3v) is 3.18. The van der Waals surface area contributed by atoms with Crippen molar-refractivity contribution >= 4 is 5.78 Å². The van der Waals surface area contributed by atoms with Crippen LogP contribution in [0.1, 0.15) is 23.2 Å². The van der Waals surface area contributed by atoms with E-state index < -0.39 is 5.54 Å². The highest BCUT2D eigenvalue weighted by Crippen LogP contribution is 2.42. The number of carbonyl (C=O) groups is 1. The Labute approximate surface area is 106 Å². The second-order valence-corrected chi connectivity index (χ2v) is 4.39. The van der Waals surface area contributed by atoms with Gasteiger partial charge in [0.2, 0.25) is 0 Å². The molecule has 0 heterocycles. The lowest BCUT2D eigenvalue weighted by molar-refractivity contribution is 0.0943. The van der Waals surface area contributed by atoms with E-state index in [-0.39, 0.29) is 5.78 Å². The van der Waals surface area contributed by atoms with Gasteiger partial charge in [-0.05, 0) is 12.8 Å². The fraction of sp³-hybridized carbons (Fsp3) is 0.462. The maximum Gasteiger partial charge on any atom is 0.190 e. The van der Waals surface area contributed by atoms with Gasteiger partial charge in [0.05, 0.1) is 26.9 Å². The second kappa shape index (κ2) is 4.49. The molecule has 0 aliphatic heterocycles. The smallest absolute Gasteiger partial charge is 0.190 e. The zero-order valence-corrected chi connectivity index (χ0v) is 10.8. The highest BCUT2D eigenvalue weighted by Gasteiger charge is 2.48. The summed E-state index contributed by atoms with van der Waals surface area (Å²) in [6, 6.07) is 3.31. The molecule has 5 nitrogen and oxygen atoms in total. The maximum absolute atomic E-state index is 12.4. The molecule has 0 unspecified atom stereocenters. The minimum atomic E-state index is -0.755. The molecule has 0 atom stereocenters. The largest absolute Gasteiger partial charge is 0.496 e. The number of hydrogen-bond donors (Lipinski definition) is 1. The molecule has 5 heteroatoms. The molecular weight excluding hydrogens is 234 g/mol. The molecule has 0 bridgehead atoms. The fourth-order valence-corrected chi connectivity index (χ4v) is 1.84. The molecule has 0 saturated heterocycles. The first-order valence-corrected chi connectivity index (χ1v) is 5.69. The standard InChI is InChI=1S/C13H17NO4/c1-16-8-6-9(17-2)11(10(7-8)18-3)12(15)13(14)4-5-13/h6-7H,4-5,14H2,1-3H3. The highest BCUT2D eigenvalue weighted by molar-refractivity contribution is 6.09. The van der Waals surface area contributed by atoms with Gasteiger partial charge >= 0.3 is 0 Å². The Morgan fingerprint density at radius 1 is 1.11 bits per heavy atom. The maximum atomic E-state index is 12.4. The Balaban J connectivity index is 2.53. The summed E-state index contributed by atoms with van der Waals surface area (Å²) in [5.41, 5.74) is 5.58. The van der Waals surface area contributed by atoms with Gasteiger partial charge in [-0.15, -0.1) is 0 Å². The van der Waals surface area contributed by atoms with Crippen LogP contribution in [0.5, 0.6) is 17.2 Å². The van der Waals surface area contributed by atoms with Gasteiger partial charge in [-0.25, -0.2) is 0 Å². The Kier molecular flexibility index (Phi) is 3.17. The summed E-state index contributed by atoms with van der Waals surface area (Å²) in [5, 5.41) is 0. The first kappa shape index (κ1) is 12.7. The summed E-state index contributed by atoms with van der Waals surface area (Å²) in [6.45, 7) is 0. The van der Waals surface area contributed by atoms with Crippen LogP contribution in [0.3, 0.4) is 0 Å². The Morgan fingerprint density at radius 3 is 1.94 bits per heavy atom. The Morgan fingerprint density at radius 2 is 1.61 bits per heavy atom. The number of rotatable bonds is 5. The van der Waals surface area contributed by atoms with Crippen LogP contribution in [-0.4, -0.2) is 32.7 Å². The van der Waals surface area contributed by atoms with Crippen molar-refractivity contribution in [3.8, 4) is 17.2 Å². The fourth-order valence-electron chi connectivity index (χ4n) is 1.84. The minimum Gasteiger partial charge on any atom is -0.496 e. The highest BCUT2D eigenvalue weighted by atomic mass is 16.5. The normalized spacial score (nSPS) is 16.0. The van der Waals surface area contributed by atoms with Gasteiger partial charge in [-0.3, -0.25) is 4.79 Å². The van der Waals surface area contributed by atoms with Crippen LogP contribution in [-0.2, 0) is 0 Å². The van der Waals surface area contributed by atoms with Crippen molar-refractivity contribution in [3.05, 3.63) is 17.7 Å². The molecule has 0 spiro atoms. The number of ether oxygens (including phenoxy) is 3. The number of benzene rings is 1. The van der Waals surface area contributed by atoms with Crippen LogP contribution in [0.2, 0.25) is 0 Å². The molecule has 18 heavy (non-hydrogen) atoms. The summed E-state index contributed by atoms with van der Waals surface area (Å²) >= 11 is 0. The lowest BCUT2D eigenvalue weighted by atomic mass is 10.0. The molecule has 0 amide bonds. The molecule has 0 radical (unpaired) electrons. The topological polar surface area (TPSA) is 70.8 Å². The number of hydrogen-bond acceptors (Lipinski definition) is 5. The zero-order chi connectivity index (χ0) is 13.3. The molecule has 1 aromatic carbocycles. The molecule has 1 aromatic rings. The van der Waals surface area contributed by atoms with Crippen LogP contribution in [0.15, 0.2) is 12.1 Å². The molecule has 1 fully saturated rings. The van der Waals surface area contributed by atoms with Crippen molar-refractivity contribution in [2.24, 2.45) is 5.73 Å². The first-order valence-electron chi connectivity index (χ1n) is 5.69. The van der Waals surface area contributed by atoms with E-state index in [1.807, 2.05) is 0 Å². The monoisotopic (exact) mass is 251 g/mol. The van der Waals surface area contributed by atoms with Gasteiger partial charge in [-0.2, -0.15) is 0 Å². The van der Waals surface area contributed by atoms with Gasteiger partial charge in [-0.1, -0.05) is 0 Å². The SMILES string of the molecule is COc1cc(OC)c(C(=O)C2(N)CC2)c(OC)c1. The number of ketones is 1. The van der Waals surface area contributed by atoms with Crippen LogP contribution in [0.4, 0.5) is 0 Å². The van der Waals surface area contributed by atoms with Gasteiger partial charge in [0.25, 0.3) is 0 Å². The molecule has 1 aliphatic carbocycles. The van der Waals surface area contributed by atoms with E-state index in [2.05, 4.69) is 0 Å². The molecule has 1 aliphatic rings. The van der Waals surface area contributed by atoms with E-state index in [0.29, 0.717) is 35.7 Å². The van der Waals surface area contributed by atoms with Gasteiger partial charge in [0, 0.05) is 12.1 Å². The van der Waals surface area contributed by atoms with Crippen molar-refractivity contribution in [2.75, 3.05) is 21.3 Å². The Hall–Kier alpha value is -1.75. The summed E-state index contributed by atoms with van der Waals surface area (Å²) in [5.74, 6) is 1.28. The van der Waals surface area contributed by atoms with Crippen LogP contribution < -0.4 is 19.9 Å². The predicted molar refractivity (Wildman–Crippen MR) is 66.6 cm³/mol. The molecule has 2 N–H and O–H groups in total. The number of methoxy groups -OCH3 is 3. The third kappa shape index (κ3) is 2.01. The first-order chi connectivity index (χ1) is 8.55. The lowest BCUT2D eigenvalue weighted by Gasteiger charge is -2.16. The minimum absolute atomic E-state index is 0.140. The molecule has 1 saturated carbocycles. The van der Waals surface area contributed by atoms with Crippen LogP contribution >= 0.6 is 0 Å². The van der Waals surface area contributed by atoms with Crippen molar-refractivity contribution in [3.63, 3.8) is 0 Å². The molecule has 0 aromatic heterocycles. The predicted octanol–water partition coefficient (Wildman–Crippen LogP) is 1.39. The summed E-state index contributed by atoms with van der Waals surface area (Å²) in [7, 11) is 4.54. The number of nitrogens with two attached hydrogens (primary N) is 1. The summed E-state index contributed by atoms with van der Waals surface area (Å²) < 4.78 is 15.6. The zero-order valence-electron chi connectivity index (χ0n) is 10.8. The van der Waals surface area contributed by atoms with E-state index in [1.165, 1.54) is 14.2 Å². The van der Waals surface area contributed by atoms with Crippen molar-refractivity contribution in [1.29, 1.82) is 0 Å².